The van der Waals surface area contributed by atoms with Gasteiger partial charge < -0.3 is 14.5 Å². The quantitative estimate of drug-likeness (QED) is 0.564. The number of benzene rings is 2. The minimum absolute atomic E-state index is 0.137. The van der Waals surface area contributed by atoms with Crippen molar-refractivity contribution in [1.82, 2.24) is 0 Å². The zero-order chi connectivity index (χ0) is 17.2. The van der Waals surface area contributed by atoms with Crippen LogP contribution in [0.2, 0.25) is 0 Å². The molecule has 25 heavy (non-hydrogen) atoms. The molecule has 0 bridgehead atoms. The van der Waals surface area contributed by atoms with Gasteiger partial charge >= 0.3 is 5.63 Å². The molecule has 5 nitrogen and oxygen atoms in total. The molecule has 4 aromatic rings. The Hall–Kier alpha value is -3.12. The van der Waals surface area contributed by atoms with Gasteiger partial charge in [0.1, 0.15) is 21.7 Å². The molecule has 124 valence electrons. The van der Waals surface area contributed by atoms with Gasteiger partial charge in [-0.1, -0.05) is 36.4 Å². The molecule has 0 spiro atoms. The SMILES string of the molecule is O=C(COc1ccccc1)Nc1scc2c1c(=O)oc1ccccc12. The van der Waals surface area contributed by atoms with E-state index in [0.29, 0.717) is 21.7 Å². The van der Waals surface area contributed by atoms with Gasteiger partial charge in [0.15, 0.2) is 6.61 Å². The van der Waals surface area contributed by atoms with Gasteiger partial charge in [-0.2, -0.15) is 0 Å². The first kappa shape index (κ1) is 15.4. The van der Waals surface area contributed by atoms with Crippen molar-refractivity contribution < 1.29 is 13.9 Å². The highest BCUT2D eigenvalue weighted by Gasteiger charge is 2.15. The molecule has 1 amide bonds. The summed E-state index contributed by atoms with van der Waals surface area (Å²) in [5.41, 5.74) is 0.0670. The van der Waals surface area contributed by atoms with Gasteiger partial charge in [0.05, 0.1) is 0 Å². The summed E-state index contributed by atoms with van der Waals surface area (Å²) in [4.78, 5) is 24.4. The first-order valence-corrected chi connectivity index (χ1v) is 8.51. The van der Waals surface area contributed by atoms with Crippen LogP contribution in [0, 0.1) is 0 Å². The largest absolute Gasteiger partial charge is 0.484 e. The van der Waals surface area contributed by atoms with Crippen LogP contribution < -0.4 is 15.7 Å². The van der Waals surface area contributed by atoms with E-state index in [9.17, 15) is 9.59 Å². The number of rotatable bonds is 4. The number of carbonyl (C=O) groups excluding carboxylic acids is 1. The van der Waals surface area contributed by atoms with E-state index >= 15 is 0 Å². The van der Waals surface area contributed by atoms with Crippen LogP contribution in [0.4, 0.5) is 5.00 Å². The zero-order valence-electron chi connectivity index (χ0n) is 13.0. The first-order chi connectivity index (χ1) is 12.2. The highest BCUT2D eigenvalue weighted by atomic mass is 32.1. The average molecular weight is 351 g/mol. The number of anilines is 1. The van der Waals surface area contributed by atoms with Crippen molar-refractivity contribution in [1.29, 1.82) is 0 Å². The molecule has 1 N–H and O–H groups in total. The van der Waals surface area contributed by atoms with Crippen molar-refractivity contribution in [2.24, 2.45) is 0 Å². The summed E-state index contributed by atoms with van der Waals surface area (Å²) in [5, 5.41) is 7.06. The van der Waals surface area contributed by atoms with Crippen LogP contribution in [0.3, 0.4) is 0 Å². The van der Waals surface area contributed by atoms with E-state index in [1.807, 2.05) is 41.8 Å². The summed E-state index contributed by atoms with van der Waals surface area (Å²) in [6.45, 7) is -0.137. The number of nitrogens with one attached hydrogen (secondary N) is 1. The van der Waals surface area contributed by atoms with Crippen LogP contribution in [0.25, 0.3) is 21.7 Å². The standard InChI is InChI=1S/C19H13NO4S/c21-16(10-23-12-6-2-1-3-7-12)20-18-17-14(11-25-18)13-8-4-5-9-15(13)24-19(17)22/h1-9,11H,10H2,(H,20,21). The second-order valence-electron chi connectivity index (χ2n) is 5.39. The Labute approximate surface area is 146 Å². The Morgan fingerprint density at radius 2 is 1.80 bits per heavy atom. The molecule has 6 heteroatoms. The summed E-state index contributed by atoms with van der Waals surface area (Å²) >= 11 is 1.29. The normalized spacial score (nSPS) is 10.9. The predicted molar refractivity (Wildman–Crippen MR) is 98.4 cm³/mol. The average Bonchev–Trinajstić information content (AvgIpc) is 3.05. The molecule has 2 aromatic heterocycles. The lowest BCUT2D eigenvalue weighted by Gasteiger charge is -2.06. The highest BCUT2D eigenvalue weighted by molar-refractivity contribution is 7.16. The minimum Gasteiger partial charge on any atom is -0.484 e. The fraction of sp³-hybridized carbons (Fsp3) is 0.0526. The summed E-state index contributed by atoms with van der Waals surface area (Å²) in [6, 6.07) is 16.4. The van der Waals surface area contributed by atoms with E-state index in [-0.39, 0.29) is 12.5 Å². The van der Waals surface area contributed by atoms with E-state index in [1.54, 1.807) is 18.2 Å². The van der Waals surface area contributed by atoms with Crippen molar-refractivity contribution in [3.05, 3.63) is 70.4 Å². The second-order valence-corrected chi connectivity index (χ2v) is 6.27. The molecule has 0 unspecified atom stereocenters. The topological polar surface area (TPSA) is 68.5 Å². The van der Waals surface area contributed by atoms with Gasteiger partial charge in [0.2, 0.25) is 0 Å². The van der Waals surface area contributed by atoms with Crippen molar-refractivity contribution in [3.63, 3.8) is 0 Å². The Morgan fingerprint density at radius 3 is 2.64 bits per heavy atom. The Morgan fingerprint density at radius 1 is 1.04 bits per heavy atom. The van der Waals surface area contributed by atoms with Crippen LogP contribution in [0.5, 0.6) is 5.75 Å². The third kappa shape index (κ3) is 2.99. The summed E-state index contributed by atoms with van der Waals surface area (Å²) in [5.74, 6) is 0.277. The van der Waals surface area contributed by atoms with E-state index in [0.717, 1.165) is 10.8 Å². The number of amides is 1. The molecule has 0 atom stereocenters. The van der Waals surface area contributed by atoms with Crippen molar-refractivity contribution in [2.45, 2.75) is 0 Å². The number of thiophene rings is 1. The van der Waals surface area contributed by atoms with Crippen LogP contribution in [-0.4, -0.2) is 12.5 Å². The molecule has 0 saturated carbocycles. The van der Waals surface area contributed by atoms with Gasteiger partial charge in [-0.3, -0.25) is 4.79 Å². The third-order valence-corrected chi connectivity index (χ3v) is 4.64. The summed E-state index contributed by atoms with van der Waals surface area (Å²) in [6.07, 6.45) is 0. The van der Waals surface area contributed by atoms with Crippen molar-refractivity contribution >= 4 is 44.0 Å². The summed E-state index contributed by atoms with van der Waals surface area (Å²) in [7, 11) is 0. The van der Waals surface area contributed by atoms with Gasteiger partial charge in [-0.25, -0.2) is 4.79 Å². The van der Waals surface area contributed by atoms with Crippen LogP contribution in [0.15, 0.2) is 69.2 Å². The predicted octanol–water partition coefficient (Wildman–Crippen LogP) is 4.03. The lowest BCUT2D eigenvalue weighted by atomic mass is 10.1. The van der Waals surface area contributed by atoms with Gasteiger partial charge in [0.25, 0.3) is 5.91 Å². The Bertz CT molecular complexity index is 1110. The van der Waals surface area contributed by atoms with E-state index in [2.05, 4.69) is 5.32 Å². The molecule has 0 saturated heterocycles. The molecule has 2 heterocycles. The van der Waals surface area contributed by atoms with Crippen LogP contribution in [0.1, 0.15) is 0 Å². The van der Waals surface area contributed by atoms with E-state index < -0.39 is 5.63 Å². The number of hydrogen-bond donors (Lipinski definition) is 1. The van der Waals surface area contributed by atoms with Crippen molar-refractivity contribution in [2.75, 3.05) is 11.9 Å². The van der Waals surface area contributed by atoms with Crippen LogP contribution >= 0.6 is 11.3 Å². The number of para-hydroxylation sites is 2. The molecule has 0 aliphatic rings. The first-order valence-electron chi connectivity index (χ1n) is 7.63. The second kappa shape index (κ2) is 6.41. The van der Waals surface area contributed by atoms with Gasteiger partial charge in [-0.15, -0.1) is 11.3 Å². The number of fused-ring (bicyclic) bond motifs is 3. The van der Waals surface area contributed by atoms with Gasteiger partial charge in [-0.05, 0) is 18.2 Å². The smallest absolute Gasteiger partial charge is 0.347 e. The van der Waals surface area contributed by atoms with Crippen molar-refractivity contribution in [3.8, 4) is 5.75 Å². The molecule has 4 rings (SSSR count). The third-order valence-electron chi connectivity index (χ3n) is 3.74. The van der Waals surface area contributed by atoms with Crippen LogP contribution in [-0.2, 0) is 4.79 Å². The molecule has 2 aromatic carbocycles. The molecule has 0 radical (unpaired) electrons. The lowest BCUT2D eigenvalue weighted by Crippen LogP contribution is -2.20. The van der Waals surface area contributed by atoms with E-state index in [1.165, 1.54) is 11.3 Å². The number of carbonyl (C=O) groups is 1. The fourth-order valence-electron chi connectivity index (χ4n) is 2.61. The molecule has 0 aliphatic carbocycles. The molecule has 0 aliphatic heterocycles. The van der Waals surface area contributed by atoms with Gasteiger partial charge in [0, 0.05) is 16.2 Å². The molecular formula is C19H13NO4S. The zero-order valence-corrected chi connectivity index (χ0v) is 13.8. The monoisotopic (exact) mass is 351 g/mol. The molecule has 0 fully saturated rings. The maximum atomic E-state index is 12.3. The summed E-state index contributed by atoms with van der Waals surface area (Å²) < 4.78 is 10.8. The van der Waals surface area contributed by atoms with E-state index in [4.69, 9.17) is 9.15 Å². The highest BCUT2D eigenvalue weighted by Crippen LogP contribution is 2.33. The maximum absolute atomic E-state index is 12.3. The lowest BCUT2D eigenvalue weighted by molar-refractivity contribution is -0.118. The molecular weight excluding hydrogens is 338 g/mol. The maximum Gasteiger partial charge on any atom is 0.347 e. The Kier molecular flexibility index (Phi) is 3.95. The fourth-order valence-corrected chi connectivity index (χ4v) is 3.57. The number of ether oxygens (including phenoxy) is 1. The number of hydrogen-bond acceptors (Lipinski definition) is 5. The minimum atomic E-state index is -0.464. The Balaban J connectivity index is 1.60.